The highest BCUT2D eigenvalue weighted by atomic mass is 16.5. The number of nitrogens with one attached hydrogen (secondary N) is 1. The summed E-state index contributed by atoms with van der Waals surface area (Å²) in [6.45, 7) is 8.65. The predicted octanol–water partition coefficient (Wildman–Crippen LogP) is 2.31. The van der Waals surface area contributed by atoms with Gasteiger partial charge < -0.3 is 14.5 Å². The summed E-state index contributed by atoms with van der Waals surface area (Å²) < 4.78 is 11.0. The van der Waals surface area contributed by atoms with Crippen LogP contribution in [0.25, 0.3) is 0 Å². The smallest absolute Gasteiger partial charge is 0.211 e. The first-order valence-electron chi connectivity index (χ1n) is 6.03. The van der Waals surface area contributed by atoms with Crippen molar-refractivity contribution in [1.82, 2.24) is 10.3 Å². The molecule has 0 radical (unpaired) electrons. The van der Waals surface area contributed by atoms with Gasteiger partial charge in [-0.15, -0.1) is 0 Å². The van der Waals surface area contributed by atoms with Crippen molar-refractivity contribution in [2.24, 2.45) is 0 Å². The molecule has 4 nitrogen and oxygen atoms in total. The largest absolute Gasteiger partial charge is 0.444 e. The normalized spacial score (nSPS) is 12.9. The second kappa shape index (κ2) is 7.41. The summed E-state index contributed by atoms with van der Waals surface area (Å²) in [5, 5.41) is 3.26. The van der Waals surface area contributed by atoms with Crippen LogP contribution in [0.2, 0.25) is 0 Å². The maximum absolute atomic E-state index is 5.62. The summed E-state index contributed by atoms with van der Waals surface area (Å²) in [5.74, 6) is 1.66. The molecule has 1 unspecified atom stereocenters. The molecule has 1 heterocycles. The summed E-state index contributed by atoms with van der Waals surface area (Å²) in [5.41, 5.74) is 0. The molecule has 0 saturated carbocycles. The first-order chi connectivity index (χ1) is 7.77. The molecule has 0 aliphatic carbocycles. The lowest BCUT2D eigenvalue weighted by atomic mass is 10.3. The van der Waals surface area contributed by atoms with Crippen molar-refractivity contribution in [1.29, 1.82) is 0 Å². The topological polar surface area (TPSA) is 47.3 Å². The molecule has 0 aliphatic heterocycles. The molecule has 0 saturated heterocycles. The van der Waals surface area contributed by atoms with Crippen LogP contribution in [0.15, 0.2) is 10.6 Å². The minimum atomic E-state index is 0.176. The van der Waals surface area contributed by atoms with E-state index in [1.54, 1.807) is 6.20 Å². The standard InChI is InChI=1S/C12H22N2O2/c1-4-7-15-8-6-11-9-14-12(16-11)10(3)13-5-2/h9-10,13H,4-8H2,1-3H3. The van der Waals surface area contributed by atoms with E-state index in [-0.39, 0.29) is 6.04 Å². The second-order valence-electron chi connectivity index (χ2n) is 3.81. The van der Waals surface area contributed by atoms with Crippen molar-refractivity contribution in [3.05, 3.63) is 17.8 Å². The van der Waals surface area contributed by atoms with Gasteiger partial charge in [-0.25, -0.2) is 4.98 Å². The van der Waals surface area contributed by atoms with Crippen LogP contribution in [0, 0.1) is 0 Å². The number of aromatic nitrogens is 1. The summed E-state index contributed by atoms with van der Waals surface area (Å²) in [6, 6.07) is 0.176. The quantitative estimate of drug-likeness (QED) is 0.691. The van der Waals surface area contributed by atoms with Gasteiger partial charge in [-0.05, 0) is 19.9 Å². The van der Waals surface area contributed by atoms with E-state index in [9.17, 15) is 0 Å². The van der Waals surface area contributed by atoms with Gasteiger partial charge in [-0.2, -0.15) is 0 Å². The van der Waals surface area contributed by atoms with Crippen molar-refractivity contribution in [2.45, 2.75) is 39.7 Å². The molecular weight excluding hydrogens is 204 g/mol. The van der Waals surface area contributed by atoms with Crippen LogP contribution in [0.1, 0.15) is 44.9 Å². The molecule has 0 spiro atoms. The van der Waals surface area contributed by atoms with Crippen molar-refractivity contribution >= 4 is 0 Å². The van der Waals surface area contributed by atoms with E-state index in [1.165, 1.54) is 0 Å². The summed E-state index contributed by atoms with van der Waals surface area (Å²) in [6.07, 6.45) is 3.64. The highest BCUT2D eigenvalue weighted by Crippen LogP contribution is 2.12. The van der Waals surface area contributed by atoms with E-state index in [0.717, 1.165) is 37.6 Å². The van der Waals surface area contributed by atoms with Gasteiger partial charge in [-0.1, -0.05) is 13.8 Å². The van der Waals surface area contributed by atoms with Gasteiger partial charge in [0.05, 0.1) is 18.8 Å². The predicted molar refractivity (Wildman–Crippen MR) is 63.4 cm³/mol. The second-order valence-corrected chi connectivity index (χ2v) is 3.81. The lowest BCUT2D eigenvalue weighted by molar-refractivity contribution is 0.134. The Hall–Kier alpha value is -0.870. The number of rotatable bonds is 8. The molecule has 1 aromatic heterocycles. The maximum atomic E-state index is 5.62. The number of hydrogen-bond donors (Lipinski definition) is 1. The van der Waals surface area contributed by atoms with Gasteiger partial charge in [0.2, 0.25) is 5.89 Å². The zero-order valence-electron chi connectivity index (χ0n) is 10.5. The molecule has 0 aliphatic rings. The molecule has 1 N–H and O–H groups in total. The van der Waals surface area contributed by atoms with Crippen LogP contribution in [0.3, 0.4) is 0 Å². The van der Waals surface area contributed by atoms with Crippen molar-refractivity contribution in [3.63, 3.8) is 0 Å². The molecular formula is C12H22N2O2. The highest BCUT2D eigenvalue weighted by molar-refractivity contribution is 4.97. The minimum Gasteiger partial charge on any atom is -0.444 e. The van der Waals surface area contributed by atoms with E-state index < -0.39 is 0 Å². The number of oxazole rings is 1. The van der Waals surface area contributed by atoms with Gasteiger partial charge in [0.1, 0.15) is 5.76 Å². The van der Waals surface area contributed by atoms with Gasteiger partial charge in [0.15, 0.2) is 0 Å². The minimum absolute atomic E-state index is 0.176. The van der Waals surface area contributed by atoms with Crippen molar-refractivity contribution in [3.8, 4) is 0 Å². The third-order valence-corrected chi connectivity index (χ3v) is 2.29. The Morgan fingerprint density at radius 2 is 2.25 bits per heavy atom. The van der Waals surface area contributed by atoms with Crippen molar-refractivity contribution in [2.75, 3.05) is 19.8 Å². The van der Waals surface area contributed by atoms with E-state index in [0.29, 0.717) is 6.61 Å². The molecule has 0 fully saturated rings. The lowest BCUT2D eigenvalue weighted by Gasteiger charge is -2.06. The van der Waals surface area contributed by atoms with E-state index in [2.05, 4.69) is 24.1 Å². The van der Waals surface area contributed by atoms with Crippen LogP contribution in [0.5, 0.6) is 0 Å². The highest BCUT2D eigenvalue weighted by Gasteiger charge is 2.10. The summed E-state index contributed by atoms with van der Waals surface area (Å²) in [4.78, 5) is 4.25. The Bertz CT molecular complexity index is 286. The number of hydrogen-bond acceptors (Lipinski definition) is 4. The Kier molecular flexibility index (Phi) is 6.11. The lowest BCUT2D eigenvalue weighted by Crippen LogP contribution is -2.17. The fourth-order valence-corrected chi connectivity index (χ4v) is 1.45. The molecule has 1 atom stereocenters. The van der Waals surface area contributed by atoms with Crippen LogP contribution in [-0.2, 0) is 11.2 Å². The molecule has 16 heavy (non-hydrogen) atoms. The van der Waals surface area contributed by atoms with E-state index >= 15 is 0 Å². The molecule has 1 rings (SSSR count). The molecule has 0 bridgehead atoms. The molecule has 0 aromatic carbocycles. The SMILES string of the molecule is CCCOCCc1cnc(C(C)NCC)o1. The summed E-state index contributed by atoms with van der Waals surface area (Å²) in [7, 11) is 0. The Balaban J connectivity index is 2.33. The van der Waals surface area contributed by atoms with Gasteiger partial charge in [0, 0.05) is 13.0 Å². The van der Waals surface area contributed by atoms with Gasteiger partial charge in [-0.3, -0.25) is 0 Å². The number of ether oxygens (including phenoxy) is 1. The summed E-state index contributed by atoms with van der Waals surface area (Å²) >= 11 is 0. The Morgan fingerprint density at radius 1 is 1.44 bits per heavy atom. The fourth-order valence-electron chi connectivity index (χ4n) is 1.45. The van der Waals surface area contributed by atoms with Crippen LogP contribution in [0.4, 0.5) is 0 Å². The number of nitrogens with zero attached hydrogens (tertiary/aromatic N) is 1. The van der Waals surface area contributed by atoms with Crippen molar-refractivity contribution < 1.29 is 9.15 Å². The zero-order chi connectivity index (χ0) is 11.8. The van der Waals surface area contributed by atoms with Crippen LogP contribution >= 0.6 is 0 Å². The van der Waals surface area contributed by atoms with E-state index in [1.807, 2.05) is 6.92 Å². The Morgan fingerprint density at radius 3 is 2.94 bits per heavy atom. The molecule has 0 amide bonds. The fraction of sp³-hybridized carbons (Fsp3) is 0.750. The van der Waals surface area contributed by atoms with Gasteiger partial charge in [0.25, 0.3) is 0 Å². The van der Waals surface area contributed by atoms with Gasteiger partial charge >= 0.3 is 0 Å². The maximum Gasteiger partial charge on any atom is 0.211 e. The van der Waals surface area contributed by atoms with Crippen LogP contribution in [-0.4, -0.2) is 24.7 Å². The van der Waals surface area contributed by atoms with E-state index in [4.69, 9.17) is 9.15 Å². The average molecular weight is 226 g/mol. The monoisotopic (exact) mass is 226 g/mol. The third kappa shape index (κ3) is 4.33. The zero-order valence-corrected chi connectivity index (χ0v) is 10.5. The third-order valence-electron chi connectivity index (χ3n) is 2.29. The van der Waals surface area contributed by atoms with Crippen LogP contribution < -0.4 is 5.32 Å². The molecule has 92 valence electrons. The molecule has 1 aromatic rings. The first kappa shape index (κ1) is 13.2. The first-order valence-corrected chi connectivity index (χ1v) is 6.03. The average Bonchev–Trinajstić information content (AvgIpc) is 2.73. The Labute approximate surface area is 97.4 Å². The molecule has 4 heteroatoms.